The van der Waals surface area contributed by atoms with Gasteiger partial charge in [-0.3, -0.25) is 28.9 Å². The summed E-state index contributed by atoms with van der Waals surface area (Å²) in [6.45, 7) is 3.41. The van der Waals surface area contributed by atoms with Crippen molar-refractivity contribution in [1.82, 2.24) is 24.3 Å². The average Bonchev–Trinajstić information content (AvgIpc) is 2.93. The number of aromatic amines is 1. The number of nitrogens with one attached hydrogen (secondary N) is 1. The third-order valence-electron chi connectivity index (χ3n) is 4.77. The quantitative estimate of drug-likeness (QED) is 0.766. The molecule has 0 aliphatic carbocycles. The summed E-state index contributed by atoms with van der Waals surface area (Å²) < 4.78 is 1.20. The Bertz CT molecular complexity index is 966. The molecule has 9 heteroatoms. The van der Waals surface area contributed by atoms with E-state index < -0.39 is 11.2 Å². The third-order valence-corrected chi connectivity index (χ3v) is 4.77. The minimum absolute atomic E-state index is 0.00905. The standard InChI is InChI=1S/C19H23N5O4/c1-14-12-24(19(28)21-18(14)27)13-17(26)23-7-3-6-22(8-9-23)16(25)10-15-4-2-5-20-11-15/h2,4-5,11-12H,3,6-10,13H2,1H3,(H,21,27,28). The number of H-pyrrole nitrogens is 1. The Morgan fingerprint density at radius 2 is 1.82 bits per heavy atom. The molecular weight excluding hydrogens is 362 g/mol. The molecule has 1 N–H and O–H groups in total. The molecule has 2 aromatic heterocycles. The monoisotopic (exact) mass is 385 g/mol. The lowest BCUT2D eigenvalue weighted by Crippen LogP contribution is -2.41. The number of aromatic nitrogens is 3. The van der Waals surface area contributed by atoms with Crippen LogP contribution in [0.4, 0.5) is 0 Å². The molecule has 0 aromatic carbocycles. The first-order valence-corrected chi connectivity index (χ1v) is 9.19. The van der Waals surface area contributed by atoms with Gasteiger partial charge in [0.25, 0.3) is 5.56 Å². The Kier molecular flexibility index (Phi) is 6.03. The number of rotatable bonds is 4. The van der Waals surface area contributed by atoms with Crippen molar-refractivity contribution in [2.24, 2.45) is 0 Å². The molecule has 0 bridgehead atoms. The van der Waals surface area contributed by atoms with Crippen molar-refractivity contribution < 1.29 is 9.59 Å². The van der Waals surface area contributed by atoms with Crippen molar-refractivity contribution in [3.05, 3.63) is 62.7 Å². The predicted molar refractivity (Wildman–Crippen MR) is 102 cm³/mol. The highest BCUT2D eigenvalue weighted by atomic mass is 16.2. The molecule has 0 unspecified atom stereocenters. The van der Waals surface area contributed by atoms with Crippen molar-refractivity contribution in [2.75, 3.05) is 26.2 Å². The molecule has 0 saturated carbocycles. The first-order chi connectivity index (χ1) is 13.4. The van der Waals surface area contributed by atoms with Crippen LogP contribution in [0.2, 0.25) is 0 Å². The van der Waals surface area contributed by atoms with Gasteiger partial charge in [0.15, 0.2) is 0 Å². The van der Waals surface area contributed by atoms with Gasteiger partial charge in [0.1, 0.15) is 6.54 Å². The van der Waals surface area contributed by atoms with E-state index in [1.165, 1.54) is 10.8 Å². The highest BCUT2D eigenvalue weighted by molar-refractivity contribution is 5.79. The summed E-state index contributed by atoms with van der Waals surface area (Å²) in [5.74, 6) is -0.204. The lowest BCUT2D eigenvalue weighted by molar-refractivity contribution is -0.133. The molecule has 1 fully saturated rings. The van der Waals surface area contributed by atoms with Crippen LogP contribution in [0.3, 0.4) is 0 Å². The topological polar surface area (TPSA) is 108 Å². The Morgan fingerprint density at radius 3 is 2.50 bits per heavy atom. The molecule has 3 rings (SSSR count). The van der Waals surface area contributed by atoms with Crippen LogP contribution in [0.5, 0.6) is 0 Å². The lowest BCUT2D eigenvalue weighted by Gasteiger charge is -2.22. The fourth-order valence-electron chi connectivity index (χ4n) is 3.19. The molecule has 148 valence electrons. The van der Waals surface area contributed by atoms with E-state index in [-0.39, 0.29) is 24.8 Å². The minimum atomic E-state index is -0.605. The third kappa shape index (κ3) is 4.73. The summed E-state index contributed by atoms with van der Waals surface area (Å²) in [5.41, 5.74) is 0.172. The van der Waals surface area contributed by atoms with Gasteiger partial charge in [-0.05, 0) is 25.0 Å². The number of amides is 2. The number of pyridine rings is 1. The highest BCUT2D eigenvalue weighted by Crippen LogP contribution is 2.08. The van der Waals surface area contributed by atoms with Gasteiger partial charge < -0.3 is 9.80 Å². The largest absolute Gasteiger partial charge is 0.341 e. The van der Waals surface area contributed by atoms with E-state index in [2.05, 4.69) is 9.97 Å². The van der Waals surface area contributed by atoms with Crippen LogP contribution in [0.25, 0.3) is 0 Å². The lowest BCUT2D eigenvalue weighted by atomic mass is 10.2. The number of carbonyl (C=O) groups is 2. The van der Waals surface area contributed by atoms with Gasteiger partial charge in [-0.25, -0.2) is 4.79 Å². The van der Waals surface area contributed by atoms with Crippen molar-refractivity contribution in [3.63, 3.8) is 0 Å². The van der Waals surface area contributed by atoms with Crippen LogP contribution in [-0.2, 0) is 22.6 Å². The summed E-state index contributed by atoms with van der Waals surface area (Å²) in [7, 11) is 0. The van der Waals surface area contributed by atoms with Crippen molar-refractivity contribution >= 4 is 11.8 Å². The Morgan fingerprint density at radius 1 is 1.11 bits per heavy atom. The van der Waals surface area contributed by atoms with E-state index in [0.717, 1.165) is 5.56 Å². The van der Waals surface area contributed by atoms with E-state index >= 15 is 0 Å². The molecule has 3 heterocycles. The summed E-state index contributed by atoms with van der Waals surface area (Å²) >= 11 is 0. The zero-order chi connectivity index (χ0) is 20.1. The highest BCUT2D eigenvalue weighted by Gasteiger charge is 2.22. The van der Waals surface area contributed by atoms with E-state index in [1.54, 1.807) is 35.2 Å². The summed E-state index contributed by atoms with van der Waals surface area (Å²) in [6, 6.07) is 3.66. The van der Waals surface area contributed by atoms with Gasteiger partial charge in [-0.1, -0.05) is 6.07 Å². The molecule has 1 saturated heterocycles. The Hall–Kier alpha value is -3.23. The van der Waals surface area contributed by atoms with Gasteiger partial charge in [0.05, 0.1) is 6.42 Å². The van der Waals surface area contributed by atoms with Crippen LogP contribution in [0.15, 0.2) is 40.3 Å². The van der Waals surface area contributed by atoms with Crippen LogP contribution in [0.1, 0.15) is 17.5 Å². The molecule has 2 aromatic rings. The fourth-order valence-corrected chi connectivity index (χ4v) is 3.19. The smallest absolute Gasteiger partial charge is 0.328 e. The molecule has 0 radical (unpaired) electrons. The summed E-state index contributed by atoms with van der Waals surface area (Å²) in [4.78, 5) is 58.1. The van der Waals surface area contributed by atoms with Crippen LogP contribution >= 0.6 is 0 Å². The molecule has 28 heavy (non-hydrogen) atoms. The number of aryl methyl sites for hydroxylation is 1. The van der Waals surface area contributed by atoms with Gasteiger partial charge in [0.2, 0.25) is 11.8 Å². The van der Waals surface area contributed by atoms with E-state index in [9.17, 15) is 19.2 Å². The fraction of sp³-hybridized carbons (Fsp3) is 0.421. The number of hydrogen-bond acceptors (Lipinski definition) is 5. The number of carbonyl (C=O) groups excluding carboxylic acids is 2. The Labute approximate surface area is 161 Å². The van der Waals surface area contributed by atoms with Crippen LogP contribution < -0.4 is 11.2 Å². The molecule has 1 aliphatic heterocycles. The van der Waals surface area contributed by atoms with Gasteiger partial charge in [-0.2, -0.15) is 0 Å². The summed E-state index contributed by atoms with van der Waals surface area (Å²) in [5, 5.41) is 0. The normalized spacial score (nSPS) is 14.6. The first kappa shape index (κ1) is 19.5. The van der Waals surface area contributed by atoms with Crippen LogP contribution in [-0.4, -0.2) is 62.3 Å². The molecule has 0 spiro atoms. The van der Waals surface area contributed by atoms with Gasteiger partial charge in [-0.15, -0.1) is 0 Å². The molecular formula is C19H23N5O4. The molecule has 1 aliphatic rings. The zero-order valence-electron chi connectivity index (χ0n) is 15.8. The first-order valence-electron chi connectivity index (χ1n) is 9.19. The van der Waals surface area contributed by atoms with Gasteiger partial charge >= 0.3 is 5.69 Å². The van der Waals surface area contributed by atoms with Crippen molar-refractivity contribution in [3.8, 4) is 0 Å². The van der Waals surface area contributed by atoms with E-state index in [1.807, 2.05) is 6.07 Å². The average molecular weight is 385 g/mol. The second-order valence-electron chi connectivity index (χ2n) is 6.85. The summed E-state index contributed by atoms with van der Waals surface area (Å²) in [6.07, 6.45) is 5.69. The zero-order valence-corrected chi connectivity index (χ0v) is 15.8. The van der Waals surface area contributed by atoms with Gasteiger partial charge in [0, 0.05) is 50.3 Å². The molecule has 2 amide bonds. The van der Waals surface area contributed by atoms with E-state index in [4.69, 9.17) is 0 Å². The van der Waals surface area contributed by atoms with E-state index in [0.29, 0.717) is 38.2 Å². The SMILES string of the molecule is Cc1cn(CC(=O)N2CCCN(C(=O)Cc3cccnc3)CC2)c(=O)[nH]c1=O. The maximum Gasteiger partial charge on any atom is 0.328 e. The maximum atomic E-state index is 12.6. The number of nitrogens with zero attached hydrogens (tertiary/aromatic N) is 4. The second-order valence-corrected chi connectivity index (χ2v) is 6.85. The maximum absolute atomic E-state index is 12.6. The minimum Gasteiger partial charge on any atom is -0.341 e. The van der Waals surface area contributed by atoms with Crippen LogP contribution in [0, 0.1) is 6.92 Å². The molecule has 0 atom stereocenters. The number of hydrogen-bond donors (Lipinski definition) is 1. The van der Waals surface area contributed by atoms with Crippen molar-refractivity contribution in [1.29, 1.82) is 0 Å². The predicted octanol–water partition coefficient (Wildman–Crippen LogP) is -0.456. The second kappa shape index (κ2) is 8.64. The Balaban J connectivity index is 1.59. The molecule has 9 nitrogen and oxygen atoms in total. The van der Waals surface area contributed by atoms with Crippen molar-refractivity contribution in [2.45, 2.75) is 26.3 Å².